The summed E-state index contributed by atoms with van der Waals surface area (Å²) < 4.78 is 5.62. The zero-order chi connectivity index (χ0) is 12.2. The second kappa shape index (κ2) is 5.72. The van der Waals surface area contributed by atoms with Crippen molar-refractivity contribution in [2.75, 3.05) is 5.33 Å². The van der Waals surface area contributed by atoms with Crippen molar-refractivity contribution in [2.45, 2.75) is 40.2 Å². The van der Waals surface area contributed by atoms with Crippen LogP contribution >= 0.6 is 15.9 Å². The number of hydrogen-bond donors (Lipinski definition) is 0. The third-order valence-corrected chi connectivity index (χ3v) is 3.86. The molecule has 0 N–H and O–H groups in total. The van der Waals surface area contributed by atoms with E-state index in [9.17, 15) is 0 Å². The highest BCUT2D eigenvalue weighted by atomic mass is 79.9. The summed E-state index contributed by atoms with van der Waals surface area (Å²) in [6, 6.07) is 8.42. The molecule has 1 nitrogen and oxygen atoms in total. The van der Waals surface area contributed by atoms with E-state index in [2.05, 4.69) is 54.0 Å². The highest BCUT2D eigenvalue weighted by molar-refractivity contribution is 9.09. The lowest BCUT2D eigenvalue weighted by Crippen LogP contribution is -2.16. The molecule has 1 aromatic carbocycles. The van der Waals surface area contributed by atoms with Crippen molar-refractivity contribution in [3.8, 4) is 5.75 Å². The van der Waals surface area contributed by atoms with E-state index in [1.165, 1.54) is 5.56 Å². The lowest BCUT2D eigenvalue weighted by Gasteiger charge is -2.21. The largest absolute Gasteiger partial charge is 0.491 e. The van der Waals surface area contributed by atoms with Gasteiger partial charge in [0, 0.05) is 5.33 Å². The number of alkyl halides is 1. The van der Waals surface area contributed by atoms with Crippen LogP contribution < -0.4 is 4.74 Å². The van der Waals surface area contributed by atoms with Crippen molar-refractivity contribution in [1.82, 2.24) is 0 Å². The Morgan fingerprint density at radius 2 is 1.75 bits per heavy atom. The zero-order valence-electron chi connectivity index (χ0n) is 10.6. The van der Waals surface area contributed by atoms with Gasteiger partial charge in [0.2, 0.25) is 0 Å². The average Bonchev–Trinajstić information content (AvgIpc) is 2.20. The second-order valence-electron chi connectivity index (χ2n) is 5.29. The van der Waals surface area contributed by atoms with E-state index in [1.807, 2.05) is 13.8 Å². The van der Waals surface area contributed by atoms with Gasteiger partial charge in [-0.3, -0.25) is 0 Å². The molecule has 0 saturated heterocycles. The maximum atomic E-state index is 5.62. The molecule has 2 heteroatoms. The fraction of sp³-hybridized carbons (Fsp3) is 0.571. The standard InChI is InChI=1S/C14H21BrO/c1-11(2)16-13-7-5-12(6-8-13)9-14(3,4)10-15/h5-8,11H,9-10H2,1-4H3. The number of rotatable bonds is 5. The summed E-state index contributed by atoms with van der Waals surface area (Å²) in [5.74, 6) is 0.954. The Bertz CT molecular complexity index is 314. The molecule has 0 saturated carbocycles. The molecule has 0 heterocycles. The summed E-state index contributed by atoms with van der Waals surface area (Å²) in [4.78, 5) is 0. The Balaban J connectivity index is 2.64. The second-order valence-corrected chi connectivity index (χ2v) is 5.85. The molecule has 0 radical (unpaired) electrons. The first-order valence-corrected chi connectivity index (χ1v) is 6.87. The maximum absolute atomic E-state index is 5.62. The minimum atomic E-state index is 0.241. The van der Waals surface area contributed by atoms with Gasteiger partial charge in [-0.05, 0) is 43.4 Å². The Morgan fingerprint density at radius 1 is 1.19 bits per heavy atom. The smallest absolute Gasteiger partial charge is 0.119 e. The van der Waals surface area contributed by atoms with E-state index in [1.54, 1.807) is 0 Å². The Kier molecular flexibility index (Phi) is 4.85. The van der Waals surface area contributed by atoms with Crippen LogP contribution in [0.5, 0.6) is 5.75 Å². The van der Waals surface area contributed by atoms with Gasteiger partial charge in [-0.2, -0.15) is 0 Å². The molecule has 0 aliphatic carbocycles. The van der Waals surface area contributed by atoms with Gasteiger partial charge in [0.25, 0.3) is 0 Å². The number of hydrogen-bond acceptors (Lipinski definition) is 1. The van der Waals surface area contributed by atoms with Gasteiger partial charge in [-0.15, -0.1) is 0 Å². The first-order chi connectivity index (χ1) is 7.43. The van der Waals surface area contributed by atoms with E-state index >= 15 is 0 Å². The van der Waals surface area contributed by atoms with Crippen LogP contribution in [0.1, 0.15) is 33.3 Å². The fourth-order valence-electron chi connectivity index (χ4n) is 1.56. The third-order valence-electron chi connectivity index (χ3n) is 2.34. The summed E-state index contributed by atoms with van der Waals surface area (Å²) in [6.07, 6.45) is 1.32. The number of benzene rings is 1. The fourth-order valence-corrected chi connectivity index (χ4v) is 1.76. The molecular formula is C14H21BrO. The highest BCUT2D eigenvalue weighted by Gasteiger charge is 2.16. The Labute approximate surface area is 107 Å². The van der Waals surface area contributed by atoms with Crippen molar-refractivity contribution in [1.29, 1.82) is 0 Å². The topological polar surface area (TPSA) is 9.23 Å². The van der Waals surface area contributed by atoms with Crippen LogP contribution in [-0.4, -0.2) is 11.4 Å². The van der Waals surface area contributed by atoms with Crippen molar-refractivity contribution < 1.29 is 4.74 Å². The summed E-state index contributed by atoms with van der Waals surface area (Å²) in [6.45, 7) is 8.62. The molecule has 1 rings (SSSR count). The molecule has 0 atom stereocenters. The van der Waals surface area contributed by atoms with Crippen LogP contribution in [0.15, 0.2) is 24.3 Å². The lowest BCUT2D eigenvalue weighted by molar-refractivity contribution is 0.242. The summed E-state index contributed by atoms with van der Waals surface area (Å²) >= 11 is 3.55. The zero-order valence-corrected chi connectivity index (χ0v) is 12.2. The van der Waals surface area contributed by atoms with E-state index in [-0.39, 0.29) is 6.10 Å². The van der Waals surface area contributed by atoms with Gasteiger partial charge in [0.05, 0.1) is 6.10 Å². The molecule has 0 amide bonds. The first kappa shape index (κ1) is 13.6. The normalized spacial score (nSPS) is 11.9. The molecule has 1 aromatic rings. The van der Waals surface area contributed by atoms with Gasteiger partial charge in [-0.25, -0.2) is 0 Å². The van der Waals surface area contributed by atoms with Crippen molar-refractivity contribution in [3.05, 3.63) is 29.8 Å². The predicted molar refractivity (Wildman–Crippen MR) is 73.5 cm³/mol. The van der Waals surface area contributed by atoms with Gasteiger partial charge >= 0.3 is 0 Å². The molecule has 0 spiro atoms. The molecule has 16 heavy (non-hydrogen) atoms. The summed E-state index contributed by atoms with van der Waals surface area (Å²) in [5.41, 5.74) is 1.67. The van der Waals surface area contributed by atoms with E-state index in [0.29, 0.717) is 5.41 Å². The van der Waals surface area contributed by atoms with Crippen LogP contribution in [0.3, 0.4) is 0 Å². The molecule has 0 aromatic heterocycles. The minimum Gasteiger partial charge on any atom is -0.491 e. The number of halogens is 1. The van der Waals surface area contributed by atoms with Crippen molar-refractivity contribution >= 4 is 15.9 Å². The van der Waals surface area contributed by atoms with Crippen molar-refractivity contribution in [2.24, 2.45) is 5.41 Å². The minimum absolute atomic E-state index is 0.241. The SMILES string of the molecule is CC(C)Oc1ccc(CC(C)(C)CBr)cc1. The average molecular weight is 285 g/mol. The highest BCUT2D eigenvalue weighted by Crippen LogP contribution is 2.25. The molecule has 0 aliphatic heterocycles. The predicted octanol–water partition coefficient (Wildman–Crippen LogP) is 4.44. The van der Waals surface area contributed by atoms with Crippen LogP contribution in [0.2, 0.25) is 0 Å². The molecule has 0 unspecified atom stereocenters. The van der Waals surface area contributed by atoms with Crippen molar-refractivity contribution in [3.63, 3.8) is 0 Å². The molecule has 0 fully saturated rings. The Morgan fingerprint density at radius 3 is 2.19 bits per heavy atom. The van der Waals surface area contributed by atoms with Gasteiger partial charge in [0.15, 0.2) is 0 Å². The molecule has 0 bridgehead atoms. The molecule has 0 aliphatic rings. The Hall–Kier alpha value is -0.500. The number of ether oxygens (including phenoxy) is 1. The lowest BCUT2D eigenvalue weighted by atomic mass is 9.88. The first-order valence-electron chi connectivity index (χ1n) is 5.74. The molecular weight excluding hydrogens is 264 g/mol. The third kappa shape index (κ3) is 4.56. The molecule has 90 valence electrons. The van der Waals surface area contributed by atoms with Crippen LogP contribution in [-0.2, 0) is 6.42 Å². The van der Waals surface area contributed by atoms with E-state index in [4.69, 9.17) is 4.74 Å². The van der Waals surface area contributed by atoms with E-state index < -0.39 is 0 Å². The van der Waals surface area contributed by atoms with Crippen LogP contribution in [0, 0.1) is 5.41 Å². The monoisotopic (exact) mass is 284 g/mol. The maximum Gasteiger partial charge on any atom is 0.119 e. The summed E-state index contributed by atoms with van der Waals surface area (Å²) in [7, 11) is 0. The summed E-state index contributed by atoms with van der Waals surface area (Å²) in [5, 5.41) is 1.02. The van der Waals surface area contributed by atoms with Gasteiger partial charge in [-0.1, -0.05) is 41.9 Å². The van der Waals surface area contributed by atoms with Gasteiger partial charge in [0.1, 0.15) is 5.75 Å². The van der Waals surface area contributed by atoms with E-state index in [0.717, 1.165) is 17.5 Å². The van der Waals surface area contributed by atoms with Crippen LogP contribution in [0.25, 0.3) is 0 Å². The van der Waals surface area contributed by atoms with Gasteiger partial charge < -0.3 is 4.74 Å². The van der Waals surface area contributed by atoms with Crippen LogP contribution in [0.4, 0.5) is 0 Å². The quantitative estimate of drug-likeness (QED) is 0.727.